The van der Waals surface area contributed by atoms with Crippen molar-refractivity contribution in [2.24, 2.45) is 5.92 Å². The molecule has 0 saturated carbocycles. The van der Waals surface area contributed by atoms with Gasteiger partial charge in [0.05, 0.1) is 17.6 Å². The number of hydrazine groups is 1. The zero-order chi connectivity index (χ0) is 18.7. The van der Waals surface area contributed by atoms with Gasteiger partial charge in [0.1, 0.15) is 6.04 Å². The molecule has 0 aliphatic carbocycles. The summed E-state index contributed by atoms with van der Waals surface area (Å²) in [6.07, 6.45) is 0.999. The van der Waals surface area contributed by atoms with Crippen LogP contribution in [0.15, 0.2) is 53.0 Å². The second-order valence-corrected chi connectivity index (χ2v) is 8.49. The largest absolute Gasteiger partial charge is 0.274 e. The third kappa shape index (κ3) is 2.58. The lowest BCUT2D eigenvalue weighted by Gasteiger charge is -2.29. The summed E-state index contributed by atoms with van der Waals surface area (Å²) in [6, 6.07) is 14.4. The normalized spacial score (nSPS) is 28.1. The van der Waals surface area contributed by atoms with Gasteiger partial charge in [-0.05, 0) is 48.4 Å². The van der Waals surface area contributed by atoms with E-state index in [1.165, 1.54) is 4.90 Å². The van der Waals surface area contributed by atoms with Crippen LogP contribution < -0.4 is 4.90 Å². The molecule has 2 aromatic carbocycles. The number of benzene rings is 2. The topological polar surface area (TPSA) is 43.9 Å². The predicted octanol–water partition coefficient (Wildman–Crippen LogP) is 3.64. The molecule has 0 radical (unpaired) electrons. The van der Waals surface area contributed by atoms with Crippen LogP contribution in [0.1, 0.15) is 18.0 Å². The Morgan fingerprint density at radius 2 is 1.48 bits per heavy atom. The Morgan fingerprint density at radius 1 is 0.852 bits per heavy atom. The van der Waals surface area contributed by atoms with E-state index in [4.69, 9.17) is 11.6 Å². The molecule has 3 aliphatic heterocycles. The van der Waals surface area contributed by atoms with Crippen molar-refractivity contribution in [3.8, 4) is 0 Å². The standard InChI is InChI=1S/C20H17BrClN3O2/c21-13-4-2-12(3-5-13)17-16-18(24-11-1-10-23(17)24)20(27)25(19(16)26)15-8-6-14(22)7-9-15/h2-9,16-18H,1,10-11H2/t16-,17-,18+/m0/s1. The van der Waals surface area contributed by atoms with Gasteiger partial charge < -0.3 is 0 Å². The zero-order valence-corrected chi connectivity index (χ0v) is 16.7. The third-order valence-electron chi connectivity index (χ3n) is 5.70. The molecule has 5 nitrogen and oxygen atoms in total. The average Bonchev–Trinajstić information content (AvgIpc) is 3.30. The third-order valence-corrected chi connectivity index (χ3v) is 6.48. The fourth-order valence-electron chi connectivity index (χ4n) is 4.62. The number of carbonyl (C=O) groups is 2. The van der Waals surface area contributed by atoms with Crippen LogP contribution in [-0.2, 0) is 9.59 Å². The van der Waals surface area contributed by atoms with E-state index in [1.807, 2.05) is 24.3 Å². The van der Waals surface area contributed by atoms with E-state index in [-0.39, 0.29) is 17.9 Å². The van der Waals surface area contributed by atoms with Gasteiger partial charge in [0.15, 0.2) is 0 Å². The van der Waals surface area contributed by atoms with Gasteiger partial charge in [0, 0.05) is 22.6 Å². The van der Waals surface area contributed by atoms with Crippen molar-refractivity contribution in [2.45, 2.75) is 18.5 Å². The van der Waals surface area contributed by atoms with Crippen LogP contribution in [0.2, 0.25) is 5.02 Å². The van der Waals surface area contributed by atoms with Crippen molar-refractivity contribution in [1.29, 1.82) is 0 Å². The number of anilines is 1. The maximum atomic E-state index is 13.4. The average molecular weight is 447 g/mol. The van der Waals surface area contributed by atoms with Crippen molar-refractivity contribution in [3.63, 3.8) is 0 Å². The summed E-state index contributed by atoms with van der Waals surface area (Å²) in [5.74, 6) is -0.664. The Bertz CT molecular complexity index is 918. The summed E-state index contributed by atoms with van der Waals surface area (Å²) in [7, 11) is 0. The van der Waals surface area contributed by atoms with Crippen molar-refractivity contribution < 1.29 is 9.59 Å². The number of carbonyl (C=O) groups excluding carboxylic acids is 2. The molecule has 2 aromatic rings. The number of halogens is 2. The molecular weight excluding hydrogens is 430 g/mol. The summed E-state index contributed by atoms with van der Waals surface area (Å²) in [5, 5.41) is 4.90. The molecular formula is C20H17BrClN3O2. The SMILES string of the molecule is O=C1[C@@H]2[C@H](C(=O)N1c1ccc(Cl)cc1)N1CCCN1[C@H]2c1ccc(Br)cc1. The zero-order valence-electron chi connectivity index (χ0n) is 14.4. The highest BCUT2D eigenvalue weighted by molar-refractivity contribution is 9.10. The number of rotatable bonds is 2. The number of hydrogen-bond donors (Lipinski definition) is 0. The Balaban J connectivity index is 1.57. The van der Waals surface area contributed by atoms with Crippen LogP contribution in [-0.4, -0.2) is 41.0 Å². The van der Waals surface area contributed by atoms with Gasteiger partial charge in [0.2, 0.25) is 5.91 Å². The van der Waals surface area contributed by atoms with E-state index in [2.05, 4.69) is 25.9 Å². The Hall–Kier alpha value is -1.73. The molecule has 0 N–H and O–H groups in total. The molecule has 138 valence electrons. The molecule has 0 unspecified atom stereocenters. The molecule has 3 heterocycles. The minimum Gasteiger partial charge on any atom is -0.274 e. The van der Waals surface area contributed by atoms with E-state index in [9.17, 15) is 9.59 Å². The second-order valence-electron chi connectivity index (χ2n) is 7.14. The van der Waals surface area contributed by atoms with E-state index in [0.717, 1.165) is 29.5 Å². The first-order valence-electron chi connectivity index (χ1n) is 8.98. The van der Waals surface area contributed by atoms with Crippen LogP contribution in [0.5, 0.6) is 0 Å². The second kappa shape index (κ2) is 6.41. The number of amides is 2. The molecule has 3 atom stereocenters. The van der Waals surface area contributed by atoms with Gasteiger partial charge in [-0.25, -0.2) is 14.9 Å². The van der Waals surface area contributed by atoms with Crippen molar-refractivity contribution in [1.82, 2.24) is 10.0 Å². The minimum atomic E-state index is -0.427. The van der Waals surface area contributed by atoms with Crippen LogP contribution in [0, 0.1) is 5.92 Å². The van der Waals surface area contributed by atoms with Gasteiger partial charge in [0.25, 0.3) is 5.91 Å². The highest BCUT2D eigenvalue weighted by Gasteiger charge is 2.62. The number of hydrogen-bond acceptors (Lipinski definition) is 4. The van der Waals surface area contributed by atoms with Gasteiger partial charge in [-0.15, -0.1) is 0 Å². The summed E-state index contributed by atoms with van der Waals surface area (Å²) in [5.41, 5.74) is 1.65. The molecule has 3 fully saturated rings. The Labute approximate surface area is 170 Å². The Morgan fingerprint density at radius 3 is 2.15 bits per heavy atom. The van der Waals surface area contributed by atoms with Crippen LogP contribution in [0.4, 0.5) is 5.69 Å². The van der Waals surface area contributed by atoms with Crippen molar-refractivity contribution in [2.75, 3.05) is 18.0 Å². The van der Waals surface area contributed by atoms with Gasteiger partial charge >= 0.3 is 0 Å². The first-order chi connectivity index (χ1) is 13.1. The van der Waals surface area contributed by atoms with E-state index in [0.29, 0.717) is 10.7 Å². The van der Waals surface area contributed by atoms with Crippen molar-refractivity contribution in [3.05, 3.63) is 63.6 Å². The van der Waals surface area contributed by atoms with Gasteiger partial charge in [-0.1, -0.05) is 39.7 Å². The Kier molecular flexibility index (Phi) is 4.13. The highest BCUT2D eigenvalue weighted by atomic mass is 79.9. The highest BCUT2D eigenvalue weighted by Crippen LogP contribution is 2.49. The molecule has 0 bridgehead atoms. The molecule has 0 aromatic heterocycles. The molecule has 2 amide bonds. The van der Waals surface area contributed by atoms with E-state index < -0.39 is 12.0 Å². The van der Waals surface area contributed by atoms with E-state index in [1.54, 1.807) is 24.3 Å². The van der Waals surface area contributed by atoms with Crippen LogP contribution >= 0.6 is 27.5 Å². The fraction of sp³-hybridized carbons (Fsp3) is 0.300. The summed E-state index contributed by atoms with van der Waals surface area (Å²) >= 11 is 9.44. The lowest BCUT2D eigenvalue weighted by Crippen LogP contribution is -2.44. The molecule has 5 rings (SSSR count). The molecule has 3 aliphatic rings. The number of nitrogens with zero attached hydrogens (tertiary/aromatic N) is 3. The summed E-state index contributed by atoms with van der Waals surface area (Å²) < 4.78 is 0.996. The molecule has 7 heteroatoms. The lowest BCUT2D eigenvalue weighted by molar-refractivity contribution is -0.126. The van der Waals surface area contributed by atoms with Crippen molar-refractivity contribution >= 4 is 45.0 Å². The van der Waals surface area contributed by atoms with Crippen LogP contribution in [0.25, 0.3) is 0 Å². The van der Waals surface area contributed by atoms with Gasteiger partial charge in [-0.3, -0.25) is 9.59 Å². The number of fused-ring (bicyclic) bond motifs is 3. The minimum absolute atomic E-state index is 0.112. The lowest BCUT2D eigenvalue weighted by atomic mass is 9.90. The monoisotopic (exact) mass is 445 g/mol. The first kappa shape index (κ1) is 17.4. The maximum Gasteiger partial charge on any atom is 0.253 e. The van der Waals surface area contributed by atoms with Gasteiger partial charge in [-0.2, -0.15) is 0 Å². The molecule has 0 spiro atoms. The molecule has 27 heavy (non-hydrogen) atoms. The first-order valence-corrected chi connectivity index (χ1v) is 10.2. The summed E-state index contributed by atoms with van der Waals surface area (Å²) in [4.78, 5) is 28.0. The number of imide groups is 1. The predicted molar refractivity (Wildman–Crippen MR) is 106 cm³/mol. The molecule has 3 saturated heterocycles. The maximum absolute atomic E-state index is 13.4. The van der Waals surface area contributed by atoms with E-state index >= 15 is 0 Å². The van der Waals surface area contributed by atoms with Crippen LogP contribution in [0.3, 0.4) is 0 Å². The summed E-state index contributed by atoms with van der Waals surface area (Å²) in [6.45, 7) is 1.68. The fourth-order valence-corrected chi connectivity index (χ4v) is 5.01. The smallest absolute Gasteiger partial charge is 0.253 e. The quantitative estimate of drug-likeness (QED) is 0.661.